The highest BCUT2D eigenvalue weighted by molar-refractivity contribution is 5.76. The number of fused-ring (bicyclic) bond motifs is 1. The highest BCUT2D eigenvalue weighted by Crippen LogP contribution is 2.14. The number of carbonyl (C=O) groups excluding carboxylic acids is 1. The van der Waals surface area contributed by atoms with Gasteiger partial charge >= 0.3 is 0 Å². The number of nitrogens with one attached hydrogen (secondary N) is 1. The molecule has 0 aliphatic carbocycles. The van der Waals surface area contributed by atoms with Crippen LogP contribution in [0, 0.1) is 0 Å². The minimum Gasteiger partial charge on any atom is -0.497 e. The van der Waals surface area contributed by atoms with Gasteiger partial charge in [0.2, 0.25) is 5.91 Å². The van der Waals surface area contributed by atoms with E-state index in [2.05, 4.69) is 20.6 Å². The van der Waals surface area contributed by atoms with Crippen LogP contribution in [0.25, 0.3) is 11.2 Å². The zero-order valence-corrected chi connectivity index (χ0v) is 17.7. The van der Waals surface area contributed by atoms with E-state index in [9.17, 15) is 9.59 Å². The van der Waals surface area contributed by atoms with Crippen LogP contribution in [0.2, 0.25) is 0 Å². The van der Waals surface area contributed by atoms with E-state index in [4.69, 9.17) is 9.47 Å². The molecule has 1 N–H and O–H groups in total. The Labute approximate surface area is 183 Å². The third-order valence-electron chi connectivity index (χ3n) is 4.92. The van der Waals surface area contributed by atoms with Crippen molar-refractivity contribution in [2.24, 2.45) is 0 Å². The second-order valence-electron chi connectivity index (χ2n) is 7.07. The molecule has 32 heavy (non-hydrogen) atoms. The van der Waals surface area contributed by atoms with E-state index in [0.29, 0.717) is 18.7 Å². The first-order valence-electron chi connectivity index (χ1n) is 9.88. The Hall–Kier alpha value is -4.21. The van der Waals surface area contributed by atoms with Crippen LogP contribution in [-0.4, -0.2) is 44.7 Å². The van der Waals surface area contributed by atoms with E-state index in [1.165, 1.54) is 10.9 Å². The zero-order chi connectivity index (χ0) is 22.5. The summed E-state index contributed by atoms with van der Waals surface area (Å²) in [6.45, 7) is 0.553. The number of carbonyl (C=O) groups is 1. The topological polar surface area (TPSA) is 113 Å². The van der Waals surface area contributed by atoms with Crippen molar-refractivity contribution in [3.63, 3.8) is 0 Å². The summed E-state index contributed by atoms with van der Waals surface area (Å²) in [6, 6.07) is 14.9. The molecule has 4 aromatic rings. The molecule has 0 atom stereocenters. The molecule has 0 radical (unpaired) electrons. The van der Waals surface area contributed by atoms with Gasteiger partial charge in [0.1, 0.15) is 24.4 Å². The van der Waals surface area contributed by atoms with Crippen molar-refractivity contribution in [3.05, 3.63) is 76.3 Å². The lowest BCUT2D eigenvalue weighted by atomic mass is 10.2. The molecular weight excluding hydrogens is 412 g/mol. The number of amides is 1. The summed E-state index contributed by atoms with van der Waals surface area (Å²) in [5, 5.41) is 10.8. The lowest BCUT2D eigenvalue weighted by molar-refractivity contribution is -0.121. The molecule has 2 aromatic heterocycles. The summed E-state index contributed by atoms with van der Waals surface area (Å²) in [6.07, 6.45) is 1.34. The number of nitrogens with zero attached hydrogens (tertiary/aromatic N) is 5. The first-order chi connectivity index (χ1) is 15.6. The van der Waals surface area contributed by atoms with Gasteiger partial charge in [-0.15, -0.1) is 5.10 Å². The normalized spacial score (nSPS) is 10.8. The predicted molar refractivity (Wildman–Crippen MR) is 117 cm³/mol. The molecule has 1 amide bonds. The summed E-state index contributed by atoms with van der Waals surface area (Å²) >= 11 is 0. The highest BCUT2D eigenvalue weighted by Gasteiger charge is 2.14. The lowest BCUT2D eigenvalue weighted by Gasteiger charge is -2.08. The van der Waals surface area contributed by atoms with Crippen LogP contribution >= 0.6 is 0 Å². The minimum absolute atomic E-state index is 0.110. The first-order valence-corrected chi connectivity index (χ1v) is 9.88. The fourth-order valence-corrected chi connectivity index (χ4v) is 3.20. The molecule has 10 nitrogen and oxygen atoms in total. The molecule has 0 unspecified atom stereocenters. The molecule has 4 rings (SSSR count). The van der Waals surface area contributed by atoms with Crippen LogP contribution in [-0.2, 0) is 24.4 Å². The third-order valence-corrected chi connectivity index (χ3v) is 4.92. The Morgan fingerprint density at radius 2 is 1.81 bits per heavy atom. The predicted octanol–water partition coefficient (Wildman–Crippen LogP) is 1.37. The molecule has 2 aromatic carbocycles. The molecule has 0 fully saturated rings. The highest BCUT2D eigenvalue weighted by atomic mass is 16.5. The number of hydrogen-bond donors (Lipinski definition) is 1. The van der Waals surface area contributed by atoms with E-state index in [1.807, 2.05) is 48.5 Å². The Balaban J connectivity index is 1.45. The number of rotatable bonds is 8. The first kappa shape index (κ1) is 21.0. The Bertz CT molecular complexity index is 1300. The molecule has 164 valence electrons. The van der Waals surface area contributed by atoms with Gasteiger partial charge in [-0.05, 0) is 35.4 Å². The number of benzene rings is 2. The van der Waals surface area contributed by atoms with E-state index in [0.717, 1.165) is 22.6 Å². The van der Waals surface area contributed by atoms with E-state index in [-0.39, 0.29) is 18.0 Å². The Kier molecular flexibility index (Phi) is 6.11. The van der Waals surface area contributed by atoms with Crippen molar-refractivity contribution < 1.29 is 14.3 Å². The molecule has 2 heterocycles. The second kappa shape index (κ2) is 9.29. The van der Waals surface area contributed by atoms with Crippen LogP contribution in [0.15, 0.2) is 59.7 Å². The molecule has 0 saturated heterocycles. The monoisotopic (exact) mass is 434 g/mol. The SMILES string of the molecule is COc1ccc(CNC(=O)Cn2cnc3c(nnn3Cc3cccc(OC)c3)c2=O)cc1. The van der Waals surface area contributed by atoms with Gasteiger partial charge in [0, 0.05) is 6.54 Å². The molecule has 0 aliphatic rings. The summed E-state index contributed by atoms with van der Waals surface area (Å²) in [5.74, 6) is 1.15. The van der Waals surface area contributed by atoms with Crippen molar-refractivity contribution >= 4 is 17.1 Å². The van der Waals surface area contributed by atoms with E-state index in [1.54, 1.807) is 18.9 Å². The standard InChI is InChI=1S/C22H22N6O4/c1-31-17-8-6-15(7-9-17)11-23-19(29)13-27-14-24-21-20(22(27)30)25-26-28(21)12-16-4-3-5-18(10-16)32-2/h3-10,14H,11-13H2,1-2H3,(H,23,29). The quantitative estimate of drug-likeness (QED) is 0.446. The van der Waals surface area contributed by atoms with Crippen molar-refractivity contribution in [2.45, 2.75) is 19.6 Å². The van der Waals surface area contributed by atoms with Crippen molar-refractivity contribution in [1.82, 2.24) is 29.9 Å². The molecule has 10 heteroatoms. The average molecular weight is 434 g/mol. The average Bonchev–Trinajstić information content (AvgIpc) is 3.23. The molecule has 0 bridgehead atoms. The van der Waals surface area contributed by atoms with Crippen LogP contribution < -0.4 is 20.3 Å². The fourth-order valence-electron chi connectivity index (χ4n) is 3.20. The van der Waals surface area contributed by atoms with Gasteiger partial charge in [-0.3, -0.25) is 14.2 Å². The minimum atomic E-state index is -0.425. The molecule has 0 spiro atoms. The third kappa shape index (κ3) is 4.59. The fraction of sp³-hybridized carbons (Fsp3) is 0.227. The number of methoxy groups -OCH3 is 2. The van der Waals surface area contributed by atoms with Crippen LogP contribution in [0.3, 0.4) is 0 Å². The molecular formula is C22H22N6O4. The second-order valence-corrected chi connectivity index (χ2v) is 7.07. The van der Waals surface area contributed by atoms with Gasteiger partial charge in [-0.1, -0.05) is 29.5 Å². The maximum absolute atomic E-state index is 12.8. The van der Waals surface area contributed by atoms with Gasteiger partial charge in [-0.2, -0.15) is 0 Å². The molecule has 0 aliphatic heterocycles. The van der Waals surface area contributed by atoms with E-state index >= 15 is 0 Å². The van der Waals surface area contributed by atoms with Crippen molar-refractivity contribution in [1.29, 1.82) is 0 Å². The van der Waals surface area contributed by atoms with E-state index < -0.39 is 5.56 Å². The van der Waals surface area contributed by atoms with Gasteiger partial charge in [0.05, 0.1) is 20.8 Å². The zero-order valence-electron chi connectivity index (χ0n) is 17.7. The maximum atomic E-state index is 12.8. The van der Waals surface area contributed by atoms with Gasteiger partial charge in [0.25, 0.3) is 5.56 Å². The molecule has 0 saturated carbocycles. The number of ether oxygens (including phenoxy) is 2. The lowest BCUT2D eigenvalue weighted by Crippen LogP contribution is -2.32. The number of hydrogen-bond acceptors (Lipinski definition) is 7. The van der Waals surface area contributed by atoms with Crippen molar-refractivity contribution in [3.8, 4) is 11.5 Å². The summed E-state index contributed by atoms with van der Waals surface area (Å²) in [4.78, 5) is 29.4. The van der Waals surface area contributed by atoms with Crippen LogP contribution in [0.1, 0.15) is 11.1 Å². The Morgan fingerprint density at radius 3 is 2.56 bits per heavy atom. The van der Waals surface area contributed by atoms with Gasteiger partial charge < -0.3 is 14.8 Å². The van der Waals surface area contributed by atoms with Crippen LogP contribution in [0.4, 0.5) is 0 Å². The van der Waals surface area contributed by atoms with Crippen molar-refractivity contribution in [2.75, 3.05) is 14.2 Å². The number of aromatic nitrogens is 5. The van der Waals surface area contributed by atoms with Crippen LogP contribution in [0.5, 0.6) is 11.5 Å². The largest absolute Gasteiger partial charge is 0.497 e. The maximum Gasteiger partial charge on any atom is 0.283 e. The smallest absolute Gasteiger partial charge is 0.283 e. The van der Waals surface area contributed by atoms with Gasteiger partial charge in [-0.25, -0.2) is 9.67 Å². The van der Waals surface area contributed by atoms with Gasteiger partial charge in [0.15, 0.2) is 11.2 Å². The summed E-state index contributed by atoms with van der Waals surface area (Å²) in [7, 11) is 3.19. The summed E-state index contributed by atoms with van der Waals surface area (Å²) < 4.78 is 13.1. The Morgan fingerprint density at radius 1 is 1.03 bits per heavy atom. The summed E-state index contributed by atoms with van der Waals surface area (Å²) in [5.41, 5.74) is 1.89.